The summed E-state index contributed by atoms with van der Waals surface area (Å²) in [6.45, 7) is 1.81. The van der Waals surface area contributed by atoms with Crippen LogP contribution >= 0.6 is 22.7 Å². The van der Waals surface area contributed by atoms with Crippen molar-refractivity contribution >= 4 is 44.8 Å². The summed E-state index contributed by atoms with van der Waals surface area (Å²) >= 11 is 2.50. The summed E-state index contributed by atoms with van der Waals surface area (Å²) in [5.74, 6) is -0.797. The molecule has 0 radical (unpaired) electrons. The van der Waals surface area contributed by atoms with Crippen LogP contribution in [-0.2, 0) is 0 Å². The van der Waals surface area contributed by atoms with Gasteiger partial charge in [0.25, 0.3) is 11.8 Å². The first kappa shape index (κ1) is 21.6. The van der Waals surface area contributed by atoms with Gasteiger partial charge in [0.2, 0.25) is 0 Å². The first-order valence-electron chi connectivity index (χ1n) is 9.39. The number of hydrogen-bond donors (Lipinski definition) is 2. The minimum Gasteiger partial charge on any atom is -0.497 e. The van der Waals surface area contributed by atoms with Crippen LogP contribution < -0.4 is 15.4 Å². The summed E-state index contributed by atoms with van der Waals surface area (Å²) < 4.78 is 18.9. The van der Waals surface area contributed by atoms with E-state index in [0.29, 0.717) is 33.0 Å². The molecule has 4 rings (SSSR count). The largest absolute Gasteiger partial charge is 0.497 e. The maximum atomic E-state index is 13.8. The van der Waals surface area contributed by atoms with Crippen molar-refractivity contribution in [2.24, 2.45) is 0 Å². The molecule has 0 atom stereocenters. The molecule has 0 aliphatic heterocycles. The van der Waals surface area contributed by atoms with Crippen LogP contribution in [0.3, 0.4) is 0 Å². The minimum absolute atomic E-state index is 0.0539. The highest BCUT2D eigenvalue weighted by atomic mass is 32.1. The molecule has 2 aromatic heterocycles. The van der Waals surface area contributed by atoms with Crippen molar-refractivity contribution in [1.82, 2.24) is 9.97 Å². The molecular formula is C22H17FN4O3S2. The number of methoxy groups -OCH3 is 1. The van der Waals surface area contributed by atoms with Gasteiger partial charge in [-0.1, -0.05) is 23.5 Å². The standard InChI is InChI=1S/C22H17FN4O3S2/c1-12-18(32-22(24-12)26-19(28)13-7-9-14(30-2)10-8-13)17-11-31-21(25-17)27-20(29)15-5-3-4-6-16(15)23/h3-11H,1-2H3,(H,24,26,28)(H,25,27,29). The van der Waals surface area contributed by atoms with E-state index in [1.807, 2.05) is 6.92 Å². The number of thiazole rings is 2. The molecule has 0 fully saturated rings. The van der Waals surface area contributed by atoms with E-state index in [1.165, 1.54) is 40.9 Å². The van der Waals surface area contributed by atoms with Gasteiger partial charge in [-0.05, 0) is 43.3 Å². The van der Waals surface area contributed by atoms with Crippen molar-refractivity contribution in [3.8, 4) is 16.3 Å². The molecule has 162 valence electrons. The summed E-state index contributed by atoms with van der Waals surface area (Å²) in [6, 6.07) is 12.5. The van der Waals surface area contributed by atoms with Crippen LogP contribution in [0, 0.1) is 12.7 Å². The number of aromatic nitrogens is 2. The molecular weight excluding hydrogens is 451 g/mol. The van der Waals surface area contributed by atoms with Crippen LogP contribution in [0.4, 0.5) is 14.7 Å². The molecule has 2 N–H and O–H groups in total. The van der Waals surface area contributed by atoms with Gasteiger partial charge in [0.1, 0.15) is 11.6 Å². The van der Waals surface area contributed by atoms with Gasteiger partial charge in [-0.2, -0.15) is 0 Å². The number of nitrogens with zero attached hydrogens (tertiary/aromatic N) is 2. The summed E-state index contributed by atoms with van der Waals surface area (Å²) in [7, 11) is 1.56. The van der Waals surface area contributed by atoms with Crippen LogP contribution in [0.1, 0.15) is 26.4 Å². The number of carbonyl (C=O) groups excluding carboxylic acids is 2. The van der Waals surface area contributed by atoms with Gasteiger partial charge in [-0.15, -0.1) is 11.3 Å². The second-order valence-electron chi connectivity index (χ2n) is 6.59. The fourth-order valence-electron chi connectivity index (χ4n) is 2.84. The van der Waals surface area contributed by atoms with Crippen LogP contribution in [-0.4, -0.2) is 28.9 Å². The molecule has 0 saturated heterocycles. The number of aryl methyl sites for hydroxylation is 1. The Kier molecular flexibility index (Phi) is 6.24. The quantitative estimate of drug-likeness (QED) is 0.404. The van der Waals surface area contributed by atoms with Crippen molar-refractivity contribution in [3.05, 3.63) is 76.5 Å². The molecule has 2 aromatic carbocycles. The molecule has 0 aliphatic rings. The summed E-state index contributed by atoms with van der Waals surface area (Å²) in [6.07, 6.45) is 0. The van der Waals surface area contributed by atoms with Gasteiger partial charge < -0.3 is 4.74 Å². The molecule has 0 aliphatic carbocycles. The molecule has 0 spiro atoms. The average Bonchev–Trinajstić information content (AvgIpc) is 3.39. The Morgan fingerprint density at radius 1 is 0.969 bits per heavy atom. The lowest BCUT2D eigenvalue weighted by molar-refractivity contribution is 0.101. The zero-order valence-corrected chi connectivity index (χ0v) is 18.6. The average molecular weight is 469 g/mol. The minimum atomic E-state index is -0.600. The topological polar surface area (TPSA) is 93.2 Å². The van der Waals surface area contributed by atoms with Crippen LogP contribution in [0.5, 0.6) is 5.75 Å². The van der Waals surface area contributed by atoms with Gasteiger partial charge in [-0.3, -0.25) is 20.2 Å². The predicted octanol–water partition coefficient (Wildman–Crippen LogP) is 5.23. The monoisotopic (exact) mass is 468 g/mol. The number of amides is 2. The number of ether oxygens (including phenoxy) is 1. The number of rotatable bonds is 6. The third kappa shape index (κ3) is 4.66. The number of hydrogen-bond acceptors (Lipinski definition) is 7. The Balaban J connectivity index is 1.47. The zero-order chi connectivity index (χ0) is 22.7. The van der Waals surface area contributed by atoms with E-state index < -0.39 is 11.7 Å². The van der Waals surface area contributed by atoms with E-state index in [9.17, 15) is 14.0 Å². The highest BCUT2D eigenvalue weighted by Gasteiger charge is 2.17. The van der Waals surface area contributed by atoms with Crippen molar-refractivity contribution in [3.63, 3.8) is 0 Å². The maximum Gasteiger partial charge on any atom is 0.260 e. The van der Waals surface area contributed by atoms with E-state index in [2.05, 4.69) is 20.6 Å². The van der Waals surface area contributed by atoms with Crippen molar-refractivity contribution in [2.45, 2.75) is 6.92 Å². The molecule has 32 heavy (non-hydrogen) atoms. The van der Waals surface area contributed by atoms with Crippen LogP contribution in [0.25, 0.3) is 10.6 Å². The Morgan fingerprint density at radius 2 is 1.69 bits per heavy atom. The van der Waals surface area contributed by atoms with E-state index in [0.717, 1.165) is 4.88 Å². The number of carbonyl (C=O) groups is 2. The fourth-order valence-corrected chi connectivity index (χ4v) is 4.54. The van der Waals surface area contributed by atoms with E-state index in [4.69, 9.17) is 4.74 Å². The predicted molar refractivity (Wildman–Crippen MR) is 123 cm³/mol. The lowest BCUT2D eigenvalue weighted by Crippen LogP contribution is -2.13. The van der Waals surface area contributed by atoms with Crippen LogP contribution in [0.15, 0.2) is 53.9 Å². The first-order valence-corrected chi connectivity index (χ1v) is 11.1. The van der Waals surface area contributed by atoms with Gasteiger partial charge in [0.15, 0.2) is 10.3 Å². The van der Waals surface area contributed by atoms with Crippen molar-refractivity contribution in [2.75, 3.05) is 17.7 Å². The number of halogens is 1. The highest BCUT2D eigenvalue weighted by Crippen LogP contribution is 2.34. The normalized spacial score (nSPS) is 10.6. The zero-order valence-electron chi connectivity index (χ0n) is 17.0. The summed E-state index contributed by atoms with van der Waals surface area (Å²) in [4.78, 5) is 34.4. The van der Waals surface area contributed by atoms with Gasteiger partial charge in [-0.25, -0.2) is 14.4 Å². The lowest BCUT2D eigenvalue weighted by atomic mass is 10.2. The van der Waals surface area contributed by atoms with E-state index >= 15 is 0 Å². The van der Waals surface area contributed by atoms with E-state index in [1.54, 1.807) is 42.8 Å². The number of anilines is 2. The van der Waals surface area contributed by atoms with E-state index in [-0.39, 0.29) is 11.5 Å². The Labute approximate surface area is 190 Å². The number of nitrogens with one attached hydrogen (secondary N) is 2. The third-order valence-corrected chi connectivity index (χ3v) is 6.30. The molecule has 4 aromatic rings. The first-order chi connectivity index (χ1) is 15.4. The van der Waals surface area contributed by atoms with Gasteiger partial charge >= 0.3 is 0 Å². The Bertz CT molecular complexity index is 1280. The van der Waals surface area contributed by atoms with Crippen molar-refractivity contribution < 1.29 is 18.7 Å². The summed E-state index contributed by atoms with van der Waals surface area (Å²) in [5, 5.41) is 7.94. The second kappa shape index (κ2) is 9.25. The molecule has 7 nitrogen and oxygen atoms in total. The summed E-state index contributed by atoms with van der Waals surface area (Å²) in [5.41, 5.74) is 1.73. The lowest BCUT2D eigenvalue weighted by Gasteiger charge is -2.03. The highest BCUT2D eigenvalue weighted by molar-refractivity contribution is 7.20. The third-order valence-electron chi connectivity index (χ3n) is 4.45. The number of benzene rings is 2. The molecule has 0 saturated carbocycles. The van der Waals surface area contributed by atoms with Gasteiger partial charge in [0.05, 0.1) is 28.9 Å². The molecule has 0 bridgehead atoms. The van der Waals surface area contributed by atoms with Crippen molar-refractivity contribution in [1.29, 1.82) is 0 Å². The SMILES string of the molecule is COc1ccc(C(=O)Nc2nc(C)c(-c3csc(NC(=O)c4ccccc4F)n3)s2)cc1. The van der Waals surface area contributed by atoms with Crippen LogP contribution in [0.2, 0.25) is 0 Å². The second-order valence-corrected chi connectivity index (χ2v) is 8.45. The fraction of sp³-hybridized carbons (Fsp3) is 0.0909. The Morgan fingerprint density at radius 3 is 2.41 bits per heavy atom. The maximum absolute atomic E-state index is 13.8. The Hall–Kier alpha value is -3.63. The molecule has 2 heterocycles. The molecule has 10 heteroatoms. The van der Waals surface area contributed by atoms with Gasteiger partial charge in [0, 0.05) is 10.9 Å². The molecule has 2 amide bonds. The smallest absolute Gasteiger partial charge is 0.260 e. The molecule has 0 unspecified atom stereocenters.